The molecule has 4 aromatic heterocycles. The van der Waals surface area contributed by atoms with E-state index in [4.69, 9.17) is 4.52 Å². The smallest absolute Gasteiger partial charge is 0.339 e. The lowest BCUT2D eigenvalue weighted by Gasteiger charge is -2.30. The van der Waals surface area contributed by atoms with E-state index in [0.29, 0.717) is 41.8 Å². The fourth-order valence-electron chi connectivity index (χ4n) is 5.16. The molecule has 0 bridgehead atoms. The molecule has 5 heterocycles. The Morgan fingerprint density at radius 2 is 2.00 bits per heavy atom. The van der Waals surface area contributed by atoms with Crippen molar-refractivity contribution in [3.05, 3.63) is 73.0 Å². The van der Waals surface area contributed by atoms with Crippen molar-refractivity contribution in [3.63, 3.8) is 0 Å². The van der Waals surface area contributed by atoms with Crippen LogP contribution in [0.25, 0.3) is 22.8 Å². The monoisotopic (exact) mass is 592 g/mol. The summed E-state index contributed by atoms with van der Waals surface area (Å²) >= 11 is 0. The molecule has 0 radical (unpaired) electrons. The minimum atomic E-state index is -4.32. The van der Waals surface area contributed by atoms with Gasteiger partial charge >= 0.3 is 6.18 Å². The van der Waals surface area contributed by atoms with E-state index in [1.165, 1.54) is 29.2 Å². The maximum atomic E-state index is 13.5. The summed E-state index contributed by atoms with van der Waals surface area (Å²) in [6, 6.07) is 9.56. The van der Waals surface area contributed by atoms with Crippen molar-refractivity contribution in [2.45, 2.75) is 44.3 Å². The van der Waals surface area contributed by atoms with Gasteiger partial charge in [-0.1, -0.05) is 17.8 Å². The van der Waals surface area contributed by atoms with Crippen LogP contribution in [-0.4, -0.2) is 65.9 Å². The molecule has 1 aliphatic carbocycles. The number of nitrogens with one attached hydrogen (secondary N) is 1. The summed E-state index contributed by atoms with van der Waals surface area (Å²) in [7, 11) is 0. The van der Waals surface area contributed by atoms with Gasteiger partial charge in [0.25, 0.3) is 5.91 Å². The summed E-state index contributed by atoms with van der Waals surface area (Å²) in [6.45, 7) is 4.37. The molecular formula is C29H27F3N8O3. The number of carbonyl (C=O) groups is 2. The van der Waals surface area contributed by atoms with Gasteiger partial charge < -0.3 is 14.7 Å². The Kier molecular flexibility index (Phi) is 7.28. The Hall–Kier alpha value is -4.88. The van der Waals surface area contributed by atoms with Gasteiger partial charge in [-0.3, -0.25) is 14.3 Å². The minimum Gasteiger partial charge on any atom is -0.339 e. The van der Waals surface area contributed by atoms with E-state index in [0.717, 1.165) is 12.8 Å². The molecule has 14 heteroatoms. The predicted molar refractivity (Wildman–Crippen MR) is 147 cm³/mol. The summed E-state index contributed by atoms with van der Waals surface area (Å²) < 4.78 is 47.3. The number of hydrogen-bond acceptors (Lipinski definition) is 8. The van der Waals surface area contributed by atoms with Crippen LogP contribution in [0.3, 0.4) is 0 Å². The van der Waals surface area contributed by atoms with Crippen LogP contribution in [0.1, 0.15) is 48.0 Å². The van der Waals surface area contributed by atoms with Crippen molar-refractivity contribution < 1.29 is 27.3 Å². The molecule has 4 aromatic rings. The number of piperidine rings is 1. The molecule has 0 unspecified atom stereocenters. The van der Waals surface area contributed by atoms with Gasteiger partial charge in [-0.2, -0.15) is 23.3 Å². The molecule has 11 nitrogen and oxygen atoms in total. The molecule has 1 N–H and O–H groups in total. The molecule has 1 saturated heterocycles. The van der Waals surface area contributed by atoms with Crippen molar-refractivity contribution >= 4 is 17.6 Å². The summed E-state index contributed by atoms with van der Waals surface area (Å²) in [4.78, 5) is 39.8. The Balaban J connectivity index is 1.11. The number of likely N-dealkylation sites (tertiary alicyclic amines) is 1. The first-order valence-electron chi connectivity index (χ1n) is 13.7. The largest absolute Gasteiger partial charge is 0.396 e. The van der Waals surface area contributed by atoms with Gasteiger partial charge in [0.15, 0.2) is 0 Å². The third-order valence-corrected chi connectivity index (χ3v) is 7.83. The van der Waals surface area contributed by atoms with Gasteiger partial charge in [0.2, 0.25) is 17.6 Å². The molecule has 6 rings (SSSR count). The summed E-state index contributed by atoms with van der Waals surface area (Å²) in [5.74, 6) is 0.268. The van der Waals surface area contributed by atoms with E-state index < -0.39 is 17.5 Å². The standard InChI is InChI=1S/C29H27F3N8O3/c1-2-24(41)39-14-4-5-19(16-39)27-37-25(38-43-27)18-8-9-23(33-15-18)36-26(42)21-7-3-6-20(35-21)22-10-13-34-40(22)17-28(11-12-28)29(30,31)32/h2-3,6-10,13,15,19H,1,4-5,11-12,14,16-17H2,(H,33,36,42)/t19-/m0/s1. The first-order valence-corrected chi connectivity index (χ1v) is 13.7. The van der Waals surface area contributed by atoms with Crippen molar-refractivity contribution in [1.82, 2.24) is 34.8 Å². The summed E-state index contributed by atoms with van der Waals surface area (Å²) in [6.07, 6.45) is 1.64. The third kappa shape index (κ3) is 5.76. The van der Waals surface area contributed by atoms with Gasteiger partial charge in [-0.15, -0.1) is 0 Å². The van der Waals surface area contributed by atoms with Crippen LogP contribution >= 0.6 is 0 Å². The second kappa shape index (κ2) is 11.1. The lowest BCUT2D eigenvalue weighted by Crippen LogP contribution is -2.38. The topological polar surface area (TPSA) is 132 Å². The van der Waals surface area contributed by atoms with Gasteiger partial charge in [-0.25, -0.2) is 9.97 Å². The molecule has 1 saturated carbocycles. The van der Waals surface area contributed by atoms with E-state index in [1.54, 1.807) is 35.2 Å². The number of amides is 2. The van der Waals surface area contributed by atoms with E-state index in [-0.39, 0.29) is 42.7 Å². The van der Waals surface area contributed by atoms with Crippen LogP contribution in [0, 0.1) is 5.41 Å². The Morgan fingerprint density at radius 1 is 1.16 bits per heavy atom. The van der Waals surface area contributed by atoms with Gasteiger partial charge in [-0.05, 0) is 62.1 Å². The Bertz CT molecular complexity index is 1660. The maximum Gasteiger partial charge on any atom is 0.396 e. The van der Waals surface area contributed by atoms with Crippen LogP contribution < -0.4 is 5.32 Å². The number of rotatable bonds is 8. The summed E-state index contributed by atoms with van der Waals surface area (Å²) in [5, 5.41) is 10.8. The minimum absolute atomic E-state index is 0.0584. The molecule has 1 atom stereocenters. The third-order valence-electron chi connectivity index (χ3n) is 7.83. The van der Waals surface area contributed by atoms with Crippen LogP contribution in [-0.2, 0) is 11.3 Å². The van der Waals surface area contributed by atoms with Crippen LogP contribution in [0.15, 0.2) is 66.0 Å². The average Bonchev–Trinajstić information content (AvgIpc) is 3.42. The molecule has 2 amide bonds. The predicted octanol–water partition coefficient (Wildman–Crippen LogP) is 4.88. The SMILES string of the molecule is C=CC(=O)N1CCC[C@H](c2nc(-c3ccc(NC(=O)c4cccc(-c5ccnn5CC5(C(F)(F)F)CC5)n4)nc3)no2)C1. The zero-order chi connectivity index (χ0) is 30.2. The van der Waals surface area contributed by atoms with Gasteiger partial charge in [0, 0.05) is 31.0 Å². The number of carbonyl (C=O) groups excluding carboxylic acids is 2. The van der Waals surface area contributed by atoms with E-state index >= 15 is 0 Å². The molecule has 1 aliphatic heterocycles. The Morgan fingerprint density at radius 3 is 2.72 bits per heavy atom. The second-order valence-corrected chi connectivity index (χ2v) is 10.7. The number of anilines is 1. The number of aromatic nitrogens is 6. The molecule has 43 heavy (non-hydrogen) atoms. The summed E-state index contributed by atoms with van der Waals surface area (Å²) in [5.41, 5.74) is -0.419. The van der Waals surface area contributed by atoms with Crippen molar-refractivity contribution in [2.75, 3.05) is 18.4 Å². The number of pyridine rings is 2. The van der Waals surface area contributed by atoms with Gasteiger partial charge in [0.1, 0.15) is 11.5 Å². The van der Waals surface area contributed by atoms with Crippen molar-refractivity contribution in [2.24, 2.45) is 5.41 Å². The normalized spacial score (nSPS) is 17.8. The van der Waals surface area contributed by atoms with E-state index in [1.807, 2.05) is 0 Å². The highest BCUT2D eigenvalue weighted by molar-refractivity contribution is 6.02. The number of alkyl halides is 3. The van der Waals surface area contributed by atoms with Crippen LogP contribution in [0.4, 0.5) is 19.0 Å². The van der Waals surface area contributed by atoms with E-state index in [2.05, 4.69) is 37.1 Å². The fraction of sp³-hybridized carbons (Fsp3) is 0.345. The highest BCUT2D eigenvalue weighted by Crippen LogP contribution is 2.58. The number of nitrogens with zero attached hydrogens (tertiary/aromatic N) is 7. The highest BCUT2D eigenvalue weighted by Gasteiger charge is 2.63. The number of hydrogen-bond donors (Lipinski definition) is 1. The van der Waals surface area contributed by atoms with Crippen LogP contribution in [0.2, 0.25) is 0 Å². The number of halogens is 3. The quantitative estimate of drug-likeness (QED) is 0.287. The van der Waals surface area contributed by atoms with Gasteiger partial charge in [0.05, 0.1) is 29.3 Å². The molecule has 2 aliphatic rings. The zero-order valence-corrected chi connectivity index (χ0v) is 22.9. The average molecular weight is 593 g/mol. The Labute approximate surface area is 243 Å². The molecule has 0 spiro atoms. The van der Waals surface area contributed by atoms with Crippen LogP contribution in [0.5, 0.6) is 0 Å². The molecule has 0 aromatic carbocycles. The van der Waals surface area contributed by atoms with Crippen molar-refractivity contribution in [1.29, 1.82) is 0 Å². The highest BCUT2D eigenvalue weighted by atomic mass is 19.4. The zero-order valence-electron chi connectivity index (χ0n) is 22.9. The lowest BCUT2D eigenvalue weighted by molar-refractivity contribution is -0.191. The van der Waals surface area contributed by atoms with E-state index in [9.17, 15) is 22.8 Å². The first kappa shape index (κ1) is 28.2. The first-order chi connectivity index (χ1) is 20.7. The lowest BCUT2D eigenvalue weighted by atomic mass is 9.98. The molecule has 222 valence electrons. The van der Waals surface area contributed by atoms with Crippen molar-refractivity contribution in [3.8, 4) is 22.8 Å². The maximum absolute atomic E-state index is 13.5. The molecular weight excluding hydrogens is 565 g/mol. The fourth-order valence-corrected chi connectivity index (χ4v) is 5.16. The molecule has 2 fully saturated rings. The second-order valence-electron chi connectivity index (χ2n) is 10.7.